The van der Waals surface area contributed by atoms with Crippen LogP contribution in [-0.2, 0) is 11.3 Å². The van der Waals surface area contributed by atoms with Gasteiger partial charge < -0.3 is 10.4 Å². The van der Waals surface area contributed by atoms with Crippen molar-refractivity contribution in [1.82, 2.24) is 15.2 Å². The number of benzene rings is 1. The maximum absolute atomic E-state index is 10.9. The van der Waals surface area contributed by atoms with Gasteiger partial charge in [0.1, 0.15) is 0 Å². The highest BCUT2D eigenvalue weighted by molar-refractivity contribution is 9.10. The number of fused-ring (bicyclic) bond motifs is 1. The van der Waals surface area contributed by atoms with E-state index in [9.17, 15) is 4.79 Å². The second-order valence-electron chi connectivity index (χ2n) is 6.27. The average molecular weight is 392 g/mol. The van der Waals surface area contributed by atoms with E-state index in [1.54, 1.807) is 0 Å². The van der Waals surface area contributed by atoms with Crippen molar-refractivity contribution in [2.45, 2.75) is 38.4 Å². The Morgan fingerprint density at radius 1 is 1.42 bits per heavy atom. The Morgan fingerprint density at radius 2 is 2.21 bits per heavy atom. The molecule has 24 heavy (non-hydrogen) atoms. The molecule has 5 nitrogen and oxygen atoms in total. The summed E-state index contributed by atoms with van der Waals surface area (Å²) in [4.78, 5) is 17.4. The highest BCUT2D eigenvalue weighted by atomic mass is 79.9. The quantitative estimate of drug-likeness (QED) is 0.759. The first-order valence-electron chi connectivity index (χ1n) is 8.29. The van der Waals surface area contributed by atoms with Crippen LogP contribution in [0.15, 0.2) is 34.9 Å². The maximum Gasteiger partial charge on any atom is 0.317 e. The van der Waals surface area contributed by atoms with Crippen LogP contribution in [0, 0.1) is 0 Å². The van der Waals surface area contributed by atoms with Gasteiger partial charge in [-0.15, -0.1) is 0 Å². The van der Waals surface area contributed by atoms with Gasteiger partial charge in [0, 0.05) is 34.7 Å². The zero-order valence-corrected chi connectivity index (χ0v) is 15.3. The molecule has 128 valence electrons. The first-order valence-corrected chi connectivity index (χ1v) is 9.09. The van der Waals surface area contributed by atoms with Gasteiger partial charge in [0.2, 0.25) is 0 Å². The van der Waals surface area contributed by atoms with Crippen LogP contribution in [0.2, 0.25) is 0 Å². The van der Waals surface area contributed by atoms with Crippen molar-refractivity contribution < 1.29 is 9.90 Å². The van der Waals surface area contributed by atoms with Crippen LogP contribution < -0.4 is 5.32 Å². The van der Waals surface area contributed by atoms with Crippen LogP contribution in [0.3, 0.4) is 0 Å². The van der Waals surface area contributed by atoms with Gasteiger partial charge >= 0.3 is 5.97 Å². The molecule has 0 amide bonds. The highest BCUT2D eigenvalue weighted by Gasteiger charge is 2.33. The topological polar surface area (TPSA) is 65.5 Å². The zero-order chi connectivity index (χ0) is 17.1. The summed E-state index contributed by atoms with van der Waals surface area (Å²) in [7, 11) is 0. The molecule has 1 saturated carbocycles. The number of aliphatic carboxylic acids is 1. The summed E-state index contributed by atoms with van der Waals surface area (Å²) < 4.78 is 1.01. The van der Waals surface area contributed by atoms with Crippen LogP contribution in [0.1, 0.15) is 25.3 Å². The van der Waals surface area contributed by atoms with Gasteiger partial charge in [-0.2, -0.15) is 0 Å². The van der Waals surface area contributed by atoms with Crippen molar-refractivity contribution in [3.8, 4) is 0 Å². The molecule has 0 spiro atoms. The maximum atomic E-state index is 10.9. The Morgan fingerprint density at radius 3 is 2.92 bits per heavy atom. The number of carboxylic acid groups (broad SMARTS) is 1. The van der Waals surface area contributed by atoms with Crippen molar-refractivity contribution in [2.75, 3.05) is 13.1 Å². The first kappa shape index (κ1) is 17.3. The lowest BCUT2D eigenvalue weighted by molar-refractivity contribution is -0.139. The molecule has 0 saturated heterocycles. The molecule has 2 N–H and O–H groups in total. The van der Waals surface area contributed by atoms with E-state index in [0.29, 0.717) is 12.1 Å². The standard InChI is InChI=1S/C18H22BrN3O2/c1-2-22(11-17(23)24)14-8-13(9-14)21-10-12-6-7-20-18-15(12)4-3-5-16(18)19/h3-7,13-14,21H,2,8-11H2,1H3,(H,23,24). The summed E-state index contributed by atoms with van der Waals surface area (Å²) >= 11 is 3.55. The predicted molar refractivity (Wildman–Crippen MR) is 98.0 cm³/mol. The van der Waals surface area contributed by atoms with Crippen LogP contribution >= 0.6 is 15.9 Å². The van der Waals surface area contributed by atoms with Gasteiger partial charge in [-0.25, -0.2) is 0 Å². The third-order valence-electron chi connectivity index (χ3n) is 4.77. The number of hydrogen-bond acceptors (Lipinski definition) is 4. The van der Waals surface area contributed by atoms with Crippen LogP contribution in [0.25, 0.3) is 10.9 Å². The van der Waals surface area contributed by atoms with Crippen LogP contribution in [0.4, 0.5) is 0 Å². The second-order valence-corrected chi connectivity index (χ2v) is 7.12. The van der Waals surface area contributed by atoms with E-state index < -0.39 is 5.97 Å². The number of aromatic nitrogens is 1. The summed E-state index contributed by atoms with van der Waals surface area (Å²) in [5.74, 6) is -0.748. The number of pyridine rings is 1. The lowest BCUT2D eigenvalue weighted by Gasteiger charge is -2.42. The lowest BCUT2D eigenvalue weighted by Crippen LogP contribution is -2.53. The molecule has 1 aromatic heterocycles. The van der Waals surface area contributed by atoms with Crippen LogP contribution in [0.5, 0.6) is 0 Å². The monoisotopic (exact) mass is 391 g/mol. The molecule has 1 aliphatic carbocycles. The number of rotatable bonds is 7. The Kier molecular flexibility index (Phi) is 5.48. The molecule has 1 fully saturated rings. The number of halogens is 1. The Hall–Kier alpha value is -1.50. The average Bonchev–Trinajstić information content (AvgIpc) is 2.52. The zero-order valence-electron chi connectivity index (χ0n) is 13.7. The molecule has 3 rings (SSSR count). The molecule has 0 unspecified atom stereocenters. The normalized spacial score (nSPS) is 20.3. The van der Waals surface area contributed by atoms with Crippen molar-refractivity contribution in [3.05, 3.63) is 40.5 Å². The molecular formula is C18H22BrN3O2. The number of nitrogens with zero attached hydrogens (tertiary/aromatic N) is 2. The number of carbonyl (C=O) groups is 1. The smallest absolute Gasteiger partial charge is 0.317 e. The summed E-state index contributed by atoms with van der Waals surface area (Å²) in [5, 5.41) is 13.7. The van der Waals surface area contributed by atoms with E-state index in [1.165, 1.54) is 5.56 Å². The molecule has 1 aliphatic rings. The predicted octanol–water partition coefficient (Wildman–Crippen LogP) is 3.02. The SMILES string of the molecule is CCN(CC(=O)O)C1CC(NCc2ccnc3c(Br)cccc23)C1. The molecule has 1 aromatic carbocycles. The molecule has 0 aliphatic heterocycles. The second kappa shape index (κ2) is 7.59. The van der Waals surface area contributed by atoms with Crippen molar-refractivity contribution >= 4 is 32.8 Å². The largest absolute Gasteiger partial charge is 0.480 e. The third kappa shape index (κ3) is 3.77. The van der Waals surface area contributed by atoms with E-state index >= 15 is 0 Å². The number of hydrogen-bond donors (Lipinski definition) is 2. The number of carboxylic acids is 1. The fourth-order valence-electron chi connectivity index (χ4n) is 3.33. The molecule has 1 heterocycles. The molecule has 6 heteroatoms. The van der Waals surface area contributed by atoms with Gasteiger partial charge in [0.05, 0.1) is 12.1 Å². The third-order valence-corrected chi connectivity index (χ3v) is 5.41. The Balaban J connectivity index is 1.57. The minimum atomic E-state index is -0.748. The van der Waals surface area contributed by atoms with E-state index in [1.807, 2.05) is 30.2 Å². The fourth-order valence-corrected chi connectivity index (χ4v) is 3.80. The summed E-state index contributed by atoms with van der Waals surface area (Å²) in [6, 6.07) is 9.02. The molecule has 0 atom stereocenters. The van der Waals surface area contributed by atoms with Gasteiger partial charge in [0.15, 0.2) is 0 Å². The van der Waals surface area contributed by atoms with E-state index in [-0.39, 0.29) is 6.54 Å². The minimum Gasteiger partial charge on any atom is -0.480 e. The van der Waals surface area contributed by atoms with Crippen molar-refractivity contribution in [1.29, 1.82) is 0 Å². The van der Waals surface area contributed by atoms with E-state index in [4.69, 9.17) is 5.11 Å². The number of nitrogens with one attached hydrogen (secondary N) is 1. The molecular weight excluding hydrogens is 370 g/mol. The summed E-state index contributed by atoms with van der Waals surface area (Å²) in [5.41, 5.74) is 2.23. The number of likely N-dealkylation sites (N-methyl/N-ethyl adjacent to an activating group) is 1. The highest BCUT2D eigenvalue weighted by Crippen LogP contribution is 2.27. The van der Waals surface area contributed by atoms with Crippen molar-refractivity contribution in [3.63, 3.8) is 0 Å². The van der Waals surface area contributed by atoms with Gasteiger partial charge in [-0.05, 0) is 53.0 Å². The Labute approximate surface area is 150 Å². The van der Waals surface area contributed by atoms with E-state index in [2.05, 4.69) is 38.4 Å². The minimum absolute atomic E-state index is 0.136. The summed E-state index contributed by atoms with van der Waals surface area (Å²) in [6.45, 7) is 3.74. The molecule has 0 radical (unpaired) electrons. The number of para-hydroxylation sites is 1. The van der Waals surface area contributed by atoms with Gasteiger partial charge in [-0.1, -0.05) is 19.1 Å². The van der Waals surface area contributed by atoms with Gasteiger partial charge in [0.25, 0.3) is 0 Å². The lowest BCUT2D eigenvalue weighted by atomic mass is 9.85. The van der Waals surface area contributed by atoms with E-state index in [0.717, 1.165) is 41.3 Å². The van der Waals surface area contributed by atoms with Gasteiger partial charge in [-0.3, -0.25) is 14.7 Å². The van der Waals surface area contributed by atoms with Crippen LogP contribution in [-0.4, -0.2) is 46.1 Å². The molecule has 2 aromatic rings. The fraction of sp³-hybridized carbons (Fsp3) is 0.444. The molecule has 0 bridgehead atoms. The Bertz CT molecular complexity index is 731. The van der Waals surface area contributed by atoms with Crippen molar-refractivity contribution in [2.24, 2.45) is 0 Å². The first-order chi connectivity index (χ1) is 11.6. The summed E-state index contributed by atoms with van der Waals surface area (Å²) in [6.07, 6.45) is 3.86.